The molecule has 0 radical (unpaired) electrons. The summed E-state index contributed by atoms with van der Waals surface area (Å²) < 4.78 is 0. The molecule has 0 aliphatic heterocycles. The van der Waals surface area contributed by atoms with Gasteiger partial charge in [0.1, 0.15) is 0 Å². The summed E-state index contributed by atoms with van der Waals surface area (Å²) in [6, 6.07) is 7.61. The second-order valence-electron chi connectivity index (χ2n) is 6.85. The highest BCUT2D eigenvalue weighted by molar-refractivity contribution is 6.32. The number of ketones is 1. The van der Waals surface area contributed by atoms with E-state index in [9.17, 15) is 4.79 Å². The highest BCUT2D eigenvalue weighted by atomic mass is 35.5. The fraction of sp³-hybridized carbons (Fsp3) is 0.381. The van der Waals surface area contributed by atoms with Crippen LogP contribution in [0.5, 0.6) is 0 Å². The Morgan fingerprint density at radius 2 is 1.00 bits per heavy atom. The van der Waals surface area contributed by atoms with Crippen molar-refractivity contribution in [1.29, 1.82) is 0 Å². The van der Waals surface area contributed by atoms with Crippen LogP contribution in [0.2, 0.25) is 10.0 Å². The molecule has 0 saturated heterocycles. The van der Waals surface area contributed by atoms with Gasteiger partial charge in [0, 0.05) is 21.2 Å². The van der Waals surface area contributed by atoms with Crippen molar-refractivity contribution in [2.24, 2.45) is 0 Å². The normalized spacial score (nSPS) is 16.4. The van der Waals surface area contributed by atoms with Gasteiger partial charge in [-0.3, -0.25) is 4.79 Å². The number of benzene rings is 2. The molecule has 0 atom stereocenters. The number of rotatable bonds is 2. The molecule has 2 aromatic rings. The molecule has 0 aromatic heterocycles. The van der Waals surface area contributed by atoms with Gasteiger partial charge in [-0.25, -0.2) is 0 Å². The molecule has 1 nitrogen and oxygen atoms in total. The Hall–Kier alpha value is -1.31. The summed E-state index contributed by atoms with van der Waals surface area (Å²) in [5.41, 5.74) is 6.36. The number of halogens is 2. The van der Waals surface area contributed by atoms with Crippen molar-refractivity contribution in [3.63, 3.8) is 0 Å². The first kappa shape index (κ1) is 16.2. The maximum absolute atomic E-state index is 13.3. The standard InChI is InChI=1S/C21H20Cl2O/c22-19-11-9-17(13-5-1-3-7-15(13)19)21(24)18-10-12-20(23)16-8-4-2-6-14(16)18/h9-12H,1-8H2. The van der Waals surface area contributed by atoms with E-state index in [-0.39, 0.29) is 5.78 Å². The van der Waals surface area contributed by atoms with E-state index in [2.05, 4.69) is 0 Å². The van der Waals surface area contributed by atoms with Crippen LogP contribution in [0.15, 0.2) is 24.3 Å². The van der Waals surface area contributed by atoms with Crippen LogP contribution >= 0.6 is 23.2 Å². The van der Waals surface area contributed by atoms with E-state index in [0.717, 1.165) is 72.5 Å². The van der Waals surface area contributed by atoms with E-state index in [1.165, 1.54) is 22.3 Å². The lowest BCUT2D eigenvalue weighted by Gasteiger charge is -2.23. The molecule has 0 spiro atoms. The van der Waals surface area contributed by atoms with Gasteiger partial charge in [0.2, 0.25) is 0 Å². The Bertz CT molecular complexity index is 756. The van der Waals surface area contributed by atoms with Crippen LogP contribution in [-0.2, 0) is 25.7 Å². The number of hydrogen-bond donors (Lipinski definition) is 0. The summed E-state index contributed by atoms with van der Waals surface area (Å²) in [5, 5.41) is 1.61. The molecule has 2 aliphatic rings. The lowest BCUT2D eigenvalue weighted by Crippen LogP contribution is -2.16. The maximum Gasteiger partial charge on any atom is 0.193 e. The van der Waals surface area contributed by atoms with Gasteiger partial charge >= 0.3 is 0 Å². The minimum Gasteiger partial charge on any atom is -0.289 e. The molecule has 0 unspecified atom stereocenters. The van der Waals surface area contributed by atoms with Gasteiger partial charge in [-0.05, 0) is 97.9 Å². The summed E-state index contributed by atoms with van der Waals surface area (Å²) in [6.45, 7) is 0. The van der Waals surface area contributed by atoms with E-state index >= 15 is 0 Å². The Kier molecular flexibility index (Phi) is 4.40. The quantitative estimate of drug-likeness (QED) is 0.603. The van der Waals surface area contributed by atoms with Crippen LogP contribution in [0.25, 0.3) is 0 Å². The monoisotopic (exact) mass is 358 g/mol. The Morgan fingerprint density at radius 1 is 0.625 bits per heavy atom. The molecule has 0 N–H and O–H groups in total. The summed E-state index contributed by atoms with van der Waals surface area (Å²) in [6.07, 6.45) is 8.43. The van der Waals surface area contributed by atoms with Gasteiger partial charge in [-0.15, -0.1) is 0 Å². The topological polar surface area (TPSA) is 17.1 Å². The fourth-order valence-corrected chi connectivity index (χ4v) is 4.76. The lowest BCUT2D eigenvalue weighted by molar-refractivity contribution is 0.103. The molecule has 0 bridgehead atoms. The Morgan fingerprint density at radius 3 is 1.42 bits per heavy atom. The van der Waals surface area contributed by atoms with E-state index in [1.54, 1.807) is 0 Å². The average Bonchev–Trinajstić information content (AvgIpc) is 2.62. The van der Waals surface area contributed by atoms with E-state index < -0.39 is 0 Å². The van der Waals surface area contributed by atoms with Crippen LogP contribution < -0.4 is 0 Å². The second-order valence-corrected chi connectivity index (χ2v) is 7.66. The van der Waals surface area contributed by atoms with Gasteiger partial charge in [0.05, 0.1) is 0 Å². The zero-order valence-corrected chi connectivity index (χ0v) is 15.1. The molecule has 2 aliphatic carbocycles. The first-order valence-electron chi connectivity index (χ1n) is 8.82. The minimum atomic E-state index is 0.139. The maximum atomic E-state index is 13.3. The Balaban J connectivity index is 1.84. The molecular weight excluding hydrogens is 339 g/mol. The van der Waals surface area contributed by atoms with Crippen molar-refractivity contribution < 1.29 is 4.79 Å². The largest absolute Gasteiger partial charge is 0.289 e. The van der Waals surface area contributed by atoms with Crippen molar-refractivity contribution >= 4 is 29.0 Å². The highest BCUT2D eigenvalue weighted by Crippen LogP contribution is 2.35. The van der Waals surface area contributed by atoms with E-state index in [4.69, 9.17) is 23.2 Å². The van der Waals surface area contributed by atoms with Crippen molar-refractivity contribution in [2.45, 2.75) is 51.4 Å². The molecule has 4 rings (SSSR count). The molecule has 24 heavy (non-hydrogen) atoms. The molecular formula is C21H20Cl2O. The van der Waals surface area contributed by atoms with Crippen LogP contribution in [0.1, 0.15) is 63.9 Å². The third-order valence-corrected chi connectivity index (χ3v) is 6.15. The van der Waals surface area contributed by atoms with Gasteiger partial charge in [0.25, 0.3) is 0 Å². The smallest absolute Gasteiger partial charge is 0.193 e. The molecule has 2 aromatic carbocycles. The number of carbonyl (C=O) groups excluding carboxylic acids is 1. The Labute approximate surface area is 153 Å². The van der Waals surface area contributed by atoms with Gasteiger partial charge in [0.15, 0.2) is 5.78 Å². The predicted molar refractivity (Wildman–Crippen MR) is 99.6 cm³/mol. The second kappa shape index (κ2) is 6.54. The third kappa shape index (κ3) is 2.68. The first-order chi connectivity index (χ1) is 11.7. The van der Waals surface area contributed by atoms with Crippen LogP contribution in [0, 0.1) is 0 Å². The molecule has 0 saturated carbocycles. The summed E-state index contributed by atoms with van der Waals surface area (Å²) >= 11 is 12.7. The summed E-state index contributed by atoms with van der Waals surface area (Å²) in [4.78, 5) is 13.3. The average molecular weight is 359 g/mol. The number of fused-ring (bicyclic) bond motifs is 2. The molecule has 0 heterocycles. The molecule has 3 heteroatoms. The first-order valence-corrected chi connectivity index (χ1v) is 9.57. The molecule has 0 amide bonds. The van der Waals surface area contributed by atoms with Crippen LogP contribution in [0.3, 0.4) is 0 Å². The minimum absolute atomic E-state index is 0.139. The predicted octanol–water partition coefficient (Wildman–Crippen LogP) is 5.98. The summed E-state index contributed by atoms with van der Waals surface area (Å²) in [7, 11) is 0. The van der Waals surface area contributed by atoms with Crippen LogP contribution in [0.4, 0.5) is 0 Å². The van der Waals surface area contributed by atoms with Crippen molar-refractivity contribution in [2.75, 3.05) is 0 Å². The molecule has 124 valence electrons. The van der Waals surface area contributed by atoms with Crippen molar-refractivity contribution in [1.82, 2.24) is 0 Å². The molecule has 0 fully saturated rings. The highest BCUT2D eigenvalue weighted by Gasteiger charge is 2.25. The zero-order valence-electron chi connectivity index (χ0n) is 13.6. The number of carbonyl (C=O) groups is 1. The zero-order chi connectivity index (χ0) is 16.7. The third-order valence-electron chi connectivity index (χ3n) is 5.44. The van der Waals surface area contributed by atoms with Crippen LogP contribution in [-0.4, -0.2) is 5.78 Å². The summed E-state index contributed by atoms with van der Waals surface area (Å²) in [5.74, 6) is 0.139. The SMILES string of the molecule is O=C(c1ccc(Cl)c2c1CCCC2)c1ccc(Cl)c2c1CCCC2. The van der Waals surface area contributed by atoms with Crippen molar-refractivity contribution in [3.8, 4) is 0 Å². The lowest BCUT2D eigenvalue weighted by atomic mass is 9.82. The van der Waals surface area contributed by atoms with Gasteiger partial charge in [-0.1, -0.05) is 23.2 Å². The van der Waals surface area contributed by atoms with E-state index in [0.29, 0.717) is 0 Å². The van der Waals surface area contributed by atoms with Gasteiger partial charge in [-0.2, -0.15) is 0 Å². The van der Waals surface area contributed by atoms with E-state index in [1.807, 2.05) is 24.3 Å². The van der Waals surface area contributed by atoms with Crippen molar-refractivity contribution in [3.05, 3.63) is 67.7 Å². The van der Waals surface area contributed by atoms with Gasteiger partial charge < -0.3 is 0 Å². The fourth-order valence-electron chi connectivity index (χ4n) is 4.22. The number of hydrogen-bond acceptors (Lipinski definition) is 1.